The number of hydrogen-bond acceptors (Lipinski definition) is 5. The van der Waals surface area contributed by atoms with Gasteiger partial charge in [0.1, 0.15) is 5.76 Å². The number of likely N-dealkylation sites (N-methyl/N-ethyl adjacent to an activating group) is 1. The molecule has 3 rings (SSSR count). The fraction of sp³-hybridized carbons (Fsp3) is 0.625. The van der Waals surface area contributed by atoms with E-state index in [9.17, 15) is 4.79 Å². The monoisotopic (exact) mass is 401 g/mol. The molecule has 1 aromatic rings. The lowest BCUT2D eigenvalue weighted by molar-refractivity contribution is -0.144. The lowest BCUT2D eigenvalue weighted by Gasteiger charge is -2.40. The zero-order valence-corrected chi connectivity index (χ0v) is 18.5. The number of fused-ring (bicyclic) bond motifs is 1. The molecule has 1 aliphatic heterocycles. The third-order valence-electron chi connectivity index (χ3n) is 6.70. The highest BCUT2D eigenvalue weighted by Crippen LogP contribution is 2.49. The van der Waals surface area contributed by atoms with Crippen LogP contribution < -0.4 is 9.47 Å². The van der Waals surface area contributed by atoms with Gasteiger partial charge in [0.05, 0.1) is 20.1 Å². The first kappa shape index (κ1) is 21.7. The Kier molecular flexibility index (Phi) is 6.89. The highest BCUT2D eigenvalue weighted by Gasteiger charge is 2.48. The molecule has 5 nitrogen and oxygen atoms in total. The van der Waals surface area contributed by atoms with E-state index >= 15 is 0 Å². The smallest absolute Gasteiger partial charge is 0.313 e. The van der Waals surface area contributed by atoms with Gasteiger partial charge in [0, 0.05) is 17.9 Å². The molecule has 1 aromatic carbocycles. The van der Waals surface area contributed by atoms with Gasteiger partial charge >= 0.3 is 5.97 Å². The van der Waals surface area contributed by atoms with Crippen LogP contribution in [0, 0.1) is 5.92 Å². The zero-order chi connectivity index (χ0) is 21.0. The number of benzene rings is 1. The molecule has 0 radical (unpaired) electrons. The number of carbonyl (C=O) groups excluding carboxylic acids is 1. The van der Waals surface area contributed by atoms with Gasteiger partial charge in [-0.15, -0.1) is 0 Å². The Labute approximate surface area is 175 Å². The largest absolute Gasteiger partial charge is 0.493 e. The van der Waals surface area contributed by atoms with Crippen LogP contribution in [-0.2, 0) is 14.9 Å². The maximum absolute atomic E-state index is 12.5. The van der Waals surface area contributed by atoms with Crippen molar-refractivity contribution in [2.75, 3.05) is 27.8 Å². The van der Waals surface area contributed by atoms with Crippen molar-refractivity contribution in [3.8, 4) is 11.5 Å². The Morgan fingerprint density at radius 2 is 2.00 bits per heavy atom. The molecule has 0 saturated carbocycles. The van der Waals surface area contributed by atoms with Crippen LogP contribution in [-0.4, -0.2) is 44.7 Å². The zero-order valence-electron chi connectivity index (χ0n) is 18.5. The molecule has 1 heterocycles. The summed E-state index contributed by atoms with van der Waals surface area (Å²) >= 11 is 0. The molecule has 29 heavy (non-hydrogen) atoms. The first-order chi connectivity index (χ1) is 13.9. The molecule has 1 fully saturated rings. The van der Waals surface area contributed by atoms with E-state index in [0.29, 0.717) is 0 Å². The number of esters is 1. The first-order valence-electron chi connectivity index (χ1n) is 10.8. The van der Waals surface area contributed by atoms with E-state index in [4.69, 9.17) is 14.2 Å². The predicted octanol–water partition coefficient (Wildman–Crippen LogP) is 4.69. The van der Waals surface area contributed by atoms with Gasteiger partial charge in [-0.05, 0) is 56.6 Å². The molecule has 2 aliphatic rings. The third-order valence-corrected chi connectivity index (χ3v) is 6.70. The maximum atomic E-state index is 12.5. The second-order valence-electron chi connectivity index (χ2n) is 8.50. The second kappa shape index (κ2) is 9.21. The lowest BCUT2D eigenvalue weighted by atomic mass is 9.68. The minimum absolute atomic E-state index is 0.0119. The van der Waals surface area contributed by atoms with Crippen LogP contribution in [0.1, 0.15) is 57.9 Å². The minimum Gasteiger partial charge on any atom is -0.493 e. The fourth-order valence-corrected chi connectivity index (χ4v) is 4.80. The standard InChI is InChI=1S/C24H35NO4/c1-6-7-8-17(2)23(26)29-19-11-12-24(13-14-25(3)22(24)16-19)18-9-10-20(27-4)21(15-18)28-5/h9-10,15-17,22H,6-8,11-14H2,1-5H3/t17?,22-,24-/m0/s1. The van der Waals surface area contributed by atoms with E-state index in [1.54, 1.807) is 14.2 Å². The van der Waals surface area contributed by atoms with E-state index in [1.807, 2.05) is 13.0 Å². The van der Waals surface area contributed by atoms with Gasteiger partial charge in [0.25, 0.3) is 0 Å². The highest BCUT2D eigenvalue weighted by atomic mass is 16.5. The third kappa shape index (κ3) is 4.30. The Morgan fingerprint density at radius 3 is 2.69 bits per heavy atom. The summed E-state index contributed by atoms with van der Waals surface area (Å²) in [7, 11) is 5.49. The second-order valence-corrected chi connectivity index (χ2v) is 8.50. The van der Waals surface area contributed by atoms with Gasteiger partial charge in [-0.1, -0.05) is 32.8 Å². The number of carbonyl (C=O) groups is 1. The summed E-state index contributed by atoms with van der Waals surface area (Å²) in [6.45, 7) is 5.13. The summed E-state index contributed by atoms with van der Waals surface area (Å²) in [6, 6.07) is 6.48. The number of nitrogens with zero attached hydrogens (tertiary/aromatic N) is 1. The SMILES string of the molecule is CCCCC(C)C(=O)OC1=C[C@@H]2N(C)CC[C@]2(c2ccc(OC)c(OC)c2)CC1. The number of allylic oxidation sites excluding steroid dienone is 1. The van der Waals surface area contributed by atoms with E-state index in [0.717, 1.165) is 62.3 Å². The number of likely N-dealkylation sites (tertiary alicyclic amines) is 1. The summed E-state index contributed by atoms with van der Waals surface area (Å²) in [5.74, 6) is 2.20. The average Bonchev–Trinajstić information content (AvgIpc) is 3.08. The molecule has 1 aliphatic carbocycles. The van der Waals surface area contributed by atoms with Crippen LogP contribution in [0.25, 0.3) is 0 Å². The molecule has 3 atom stereocenters. The van der Waals surface area contributed by atoms with Gasteiger partial charge in [0.15, 0.2) is 11.5 Å². The van der Waals surface area contributed by atoms with Crippen molar-refractivity contribution in [1.29, 1.82) is 0 Å². The van der Waals surface area contributed by atoms with Crippen LogP contribution in [0.3, 0.4) is 0 Å². The predicted molar refractivity (Wildman–Crippen MR) is 114 cm³/mol. The van der Waals surface area contributed by atoms with Gasteiger partial charge in [-0.3, -0.25) is 9.69 Å². The first-order valence-corrected chi connectivity index (χ1v) is 10.8. The van der Waals surface area contributed by atoms with Crippen LogP contribution >= 0.6 is 0 Å². The van der Waals surface area contributed by atoms with Crippen molar-refractivity contribution in [2.45, 2.75) is 63.8 Å². The van der Waals surface area contributed by atoms with Crippen LogP contribution in [0.15, 0.2) is 30.0 Å². The minimum atomic E-state index is -0.0935. The number of methoxy groups -OCH3 is 2. The summed E-state index contributed by atoms with van der Waals surface area (Å²) in [5.41, 5.74) is 1.28. The van der Waals surface area contributed by atoms with Crippen molar-refractivity contribution in [1.82, 2.24) is 4.90 Å². The summed E-state index contributed by atoms with van der Waals surface area (Å²) < 4.78 is 16.8. The van der Waals surface area contributed by atoms with E-state index in [1.165, 1.54) is 5.56 Å². The molecular weight excluding hydrogens is 366 g/mol. The topological polar surface area (TPSA) is 48.0 Å². The number of unbranched alkanes of at least 4 members (excludes halogenated alkanes) is 1. The van der Waals surface area contributed by atoms with Gasteiger partial charge in [-0.25, -0.2) is 0 Å². The molecule has 1 unspecified atom stereocenters. The summed E-state index contributed by atoms with van der Waals surface area (Å²) in [6.07, 6.45) is 8.04. The van der Waals surface area contributed by atoms with Crippen LogP contribution in [0.4, 0.5) is 0 Å². The molecule has 1 saturated heterocycles. The number of rotatable bonds is 8. The van der Waals surface area contributed by atoms with Crippen LogP contribution in [0.2, 0.25) is 0 Å². The normalized spacial score (nSPS) is 25.1. The quantitative estimate of drug-likeness (QED) is 0.591. The molecule has 5 heteroatoms. The number of ether oxygens (including phenoxy) is 3. The van der Waals surface area contributed by atoms with E-state index in [2.05, 4.69) is 37.1 Å². The molecule has 0 spiro atoms. The van der Waals surface area contributed by atoms with Gasteiger partial charge in [-0.2, -0.15) is 0 Å². The molecular formula is C24H35NO4. The molecule has 0 amide bonds. The van der Waals surface area contributed by atoms with Crippen molar-refractivity contribution >= 4 is 5.97 Å². The lowest BCUT2D eigenvalue weighted by Crippen LogP contribution is -2.42. The fourth-order valence-electron chi connectivity index (χ4n) is 4.80. The number of hydrogen-bond donors (Lipinski definition) is 0. The van der Waals surface area contributed by atoms with Crippen LogP contribution in [0.5, 0.6) is 11.5 Å². The molecule has 0 aromatic heterocycles. The van der Waals surface area contributed by atoms with Gasteiger partial charge < -0.3 is 14.2 Å². The Hall–Kier alpha value is -2.01. The highest BCUT2D eigenvalue weighted by molar-refractivity contribution is 5.73. The Morgan fingerprint density at radius 1 is 1.24 bits per heavy atom. The average molecular weight is 402 g/mol. The van der Waals surface area contributed by atoms with E-state index in [-0.39, 0.29) is 23.3 Å². The van der Waals surface area contributed by atoms with Gasteiger partial charge in [0.2, 0.25) is 0 Å². The maximum Gasteiger partial charge on any atom is 0.313 e. The van der Waals surface area contributed by atoms with Crippen molar-refractivity contribution < 1.29 is 19.0 Å². The summed E-state index contributed by atoms with van der Waals surface area (Å²) in [4.78, 5) is 14.9. The summed E-state index contributed by atoms with van der Waals surface area (Å²) in [5, 5.41) is 0. The molecule has 0 bridgehead atoms. The van der Waals surface area contributed by atoms with Crippen molar-refractivity contribution in [2.24, 2.45) is 5.92 Å². The Balaban J connectivity index is 1.83. The Bertz CT molecular complexity index is 759. The van der Waals surface area contributed by atoms with Crippen molar-refractivity contribution in [3.63, 3.8) is 0 Å². The van der Waals surface area contributed by atoms with E-state index < -0.39 is 0 Å². The molecule has 160 valence electrons. The molecule has 0 N–H and O–H groups in total. The van der Waals surface area contributed by atoms with Crippen molar-refractivity contribution in [3.05, 3.63) is 35.6 Å².